The van der Waals surface area contributed by atoms with Crippen LogP contribution < -0.4 is 4.90 Å². The maximum Gasteiger partial charge on any atom is 0.323 e. The summed E-state index contributed by atoms with van der Waals surface area (Å²) >= 11 is 0. The number of para-hydroxylation sites is 1. The minimum Gasteiger partial charge on any atom is -0.480 e. The van der Waals surface area contributed by atoms with Crippen molar-refractivity contribution in [2.45, 2.75) is 13.3 Å². The molecule has 1 N–H and O–H groups in total. The van der Waals surface area contributed by atoms with Crippen LogP contribution in [0.5, 0.6) is 0 Å². The van der Waals surface area contributed by atoms with Crippen LogP contribution in [0.15, 0.2) is 30.3 Å². The summed E-state index contributed by atoms with van der Waals surface area (Å²) in [6, 6.07) is 8.70. The molecule has 0 unspecified atom stereocenters. The standard InChI is InChI=1S/C13H17NO4/c1-2-8-18-10-12(15)14(9-13(16)17)11-6-4-3-5-7-11/h3-7H,2,8-10H2,1H3,(H,16,17). The van der Waals surface area contributed by atoms with E-state index < -0.39 is 5.97 Å². The zero-order valence-corrected chi connectivity index (χ0v) is 10.3. The van der Waals surface area contributed by atoms with E-state index in [0.717, 1.165) is 6.42 Å². The summed E-state index contributed by atoms with van der Waals surface area (Å²) in [7, 11) is 0. The van der Waals surface area contributed by atoms with Crippen molar-refractivity contribution in [3.05, 3.63) is 30.3 Å². The van der Waals surface area contributed by atoms with Gasteiger partial charge in [-0.2, -0.15) is 0 Å². The third kappa shape index (κ3) is 4.55. The smallest absolute Gasteiger partial charge is 0.323 e. The number of hydrogen-bond acceptors (Lipinski definition) is 3. The van der Waals surface area contributed by atoms with Gasteiger partial charge in [0.05, 0.1) is 0 Å². The molecule has 0 aliphatic rings. The van der Waals surface area contributed by atoms with E-state index in [1.165, 1.54) is 4.90 Å². The molecule has 1 aromatic carbocycles. The fourth-order valence-corrected chi connectivity index (χ4v) is 1.45. The van der Waals surface area contributed by atoms with Crippen LogP contribution in [0.3, 0.4) is 0 Å². The van der Waals surface area contributed by atoms with Crippen molar-refractivity contribution < 1.29 is 19.4 Å². The van der Waals surface area contributed by atoms with E-state index in [9.17, 15) is 9.59 Å². The van der Waals surface area contributed by atoms with Gasteiger partial charge in [-0.05, 0) is 18.6 Å². The molecule has 0 saturated heterocycles. The Kier molecular flexibility index (Phi) is 5.87. The summed E-state index contributed by atoms with van der Waals surface area (Å²) in [5.74, 6) is -1.40. The highest BCUT2D eigenvalue weighted by molar-refractivity contribution is 5.98. The minimum absolute atomic E-state index is 0.101. The lowest BCUT2D eigenvalue weighted by Gasteiger charge is -2.20. The first-order chi connectivity index (χ1) is 8.65. The van der Waals surface area contributed by atoms with Crippen molar-refractivity contribution in [3.63, 3.8) is 0 Å². The molecule has 0 atom stereocenters. The Balaban J connectivity index is 2.72. The number of carboxylic acid groups (broad SMARTS) is 1. The fraction of sp³-hybridized carbons (Fsp3) is 0.385. The van der Waals surface area contributed by atoms with Gasteiger partial charge in [0.15, 0.2) is 0 Å². The van der Waals surface area contributed by atoms with E-state index in [0.29, 0.717) is 12.3 Å². The Labute approximate surface area is 106 Å². The van der Waals surface area contributed by atoms with Crippen molar-refractivity contribution in [3.8, 4) is 0 Å². The van der Waals surface area contributed by atoms with Crippen molar-refractivity contribution in [1.29, 1.82) is 0 Å². The molecular weight excluding hydrogens is 234 g/mol. The zero-order valence-electron chi connectivity index (χ0n) is 10.3. The lowest BCUT2D eigenvalue weighted by Crippen LogP contribution is -2.38. The highest BCUT2D eigenvalue weighted by Crippen LogP contribution is 2.13. The molecule has 1 aromatic rings. The Morgan fingerprint density at radius 2 is 1.94 bits per heavy atom. The first-order valence-electron chi connectivity index (χ1n) is 5.80. The third-order valence-electron chi connectivity index (χ3n) is 2.24. The van der Waals surface area contributed by atoms with Gasteiger partial charge in [-0.1, -0.05) is 25.1 Å². The molecule has 0 spiro atoms. The largest absolute Gasteiger partial charge is 0.480 e. The van der Waals surface area contributed by atoms with Crippen LogP contribution in [-0.4, -0.2) is 36.7 Å². The predicted octanol–water partition coefficient (Wildman–Crippen LogP) is 1.53. The number of carbonyl (C=O) groups excluding carboxylic acids is 1. The molecule has 18 heavy (non-hydrogen) atoms. The molecule has 0 aliphatic carbocycles. The number of carboxylic acids is 1. The van der Waals surface area contributed by atoms with Crippen LogP contribution >= 0.6 is 0 Å². The molecule has 0 heterocycles. The van der Waals surface area contributed by atoms with Gasteiger partial charge < -0.3 is 9.84 Å². The van der Waals surface area contributed by atoms with Crippen molar-refractivity contribution in [1.82, 2.24) is 0 Å². The minimum atomic E-state index is -1.05. The first-order valence-corrected chi connectivity index (χ1v) is 5.80. The third-order valence-corrected chi connectivity index (χ3v) is 2.24. The highest BCUT2D eigenvalue weighted by Gasteiger charge is 2.18. The second kappa shape index (κ2) is 7.45. The molecule has 5 heteroatoms. The normalized spacial score (nSPS) is 10.1. The molecular formula is C13H17NO4. The van der Waals surface area contributed by atoms with E-state index in [-0.39, 0.29) is 19.1 Å². The monoisotopic (exact) mass is 251 g/mol. The molecule has 1 rings (SSSR count). The average molecular weight is 251 g/mol. The topological polar surface area (TPSA) is 66.8 Å². The molecule has 5 nitrogen and oxygen atoms in total. The molecule has 0 bridgehead atoms. The number of nitrogens with zero attached hydrogens (tertiary/aromatic N) is 1. The van der Waals surface area contributed by atoms with Gasteiger partial charge in [0.25, 0.3) is 5.91 Å². The average Bonchev–Trinajstić information content (AvgIpc) is 2.37. The van der Waals surface area contributed by atoms with E-state index in [2.05, 4.69) is 0 Å². The Morgan fingerprint density at radius 3 is 2.50 bits per heavy atom. The van der Waals surface area contributed by atoms with Crippen LogP contribution in [0.4, 0.5) is 5.69 Å². The number of amides is 1. The number of aliphatic carboxylic acids is 1. The molecule has 0 fully saturated rings. The molecule has 0 aromatic heterocycles. The molecule has 0 saturated carbocycles. The van der Waals surface area contributed by atoms with Crippen LogP contribution in [-0.2, 0) is 14.3 Å². The summed E-state index contributed by atoms with van der Waals surface area (Å²) in [4.78, 5) is 23.9. The van der Waals surface area contributed by atoms with Crippen LogP contribution in [0.1, 0.15) is 13.3 Å². The Morgan fingerprint density at radius 1 is 1.28 bits per heavy atom. The predicted molar refractivity (Wildman–Crippen MR) is 67.5 cm³/mol. The molecule has 98 valence electrons. The van der Waals surface area contributed by atoms with Crippen LogP contribution in [0.25, 0.3) is 0 Å². The summed E-state index contributed by atoms with van der Waals surface area (Å²) in [6.07, 6.45) is 0.817. The van der Waals surface area contributed by atoms with E-state index in [1.54, 1.807) is 30.3 Å². The van der Waals surface area contributed by atoms with Gasteiger partial charge >= 0.3 is 5.97 Å². The zero-order chi connectivity index (χ0) is 13.4. The van der Waals surface area contributed by atoms with Gasteiger partial charge in [-0.25, -0.2) is 0 Å². The fourth-order valence-electron chi connectivity index (χ4n) is 1.45. The first kappa shape index (κ1) is 14.2. The van der Waals surface area contributed by atoms with Crippen molar-refractivity contribution >= 4 is 17.6 Å². The number of carbonyl (C=O) groups is 2. The van der Waals surface area contributed by atoms with E-state index in [1.807, 2.05) is 6.92 Å². The number of hydrogen-bond donors (Lipinski definition) is 1. The lowest BCUT2D eigenvalue weighted by atomic mass is 10.3. The van der Waals surface area contributed by atoms with E-state index >= 15 is 0 Å². The summed E-state index contributed by atoms with van der Waals surface area (Å²) in [6.45, 7) is 1.96. The SMILES string of the molecule is CCCOCC(=O)N(CC(=O)O)c1ccccc1. The molecule has 0 aliphatic heterocycles. The second-order valence-corrected chi connectivity index (χ2v) is 3.76. The Bertz CT molecular complexity index is 391. The molecule has 1 amide bonds. The Hall–Kier alpha value is -1.88. The number of anilines is 1. The molecule has 0 radical (unpaired) electrons. The lowest BCUT2D eigenvalue weighted by molar-refractivity contribution is -0.137. The van der Waals surface area contributed by atoms with Crippen LogP contribution in [0, 0.1) is 0 Å². The number of rotatable bonds is 7. The summed E-state index contributed by atoms with van der Waals surface area (Å²) < 4.78 is 5.14. The van der Waals surface area contributed by atoms with E-state index in [4.69, 9.17) is 9.84 Å². The van der Waals surface area contributed by atoms with Gasteiger partial charge in [0.2, 0.25) is 0 Å². The van der Waals surface area contributed by atoms with Gasteiger partial charge in [-0.15, -0.1) is 0 Å². The van der Waals surface area contributed by atoms with Gasteiger partial charge in [-0.3, -0.25) is 14.5 Å². The second-order valence-electron chi connectivity index (χ2n) is 3.76. The maximum atomic E-state index is 11.9. The maximum absolute atomic E-state index is 11.9. The van der Waals surface area contributed by atoms with Crippen LogP contribution in [0.2, 0.25) is 0 Å². The summed E-state index contributed by atoms with van der Waals surface area (Å²) in [5, 5.41) is 8.83. The van der Waals surface area contributed by atoms with Gasteiger partial charge in [0, 0.05) is 12.3 Å². The van der Waals surface area contributed by atoms with Gasteiger partial charge in [0.1, 0.15) is 13.2 Å². The highest BCUT2D eigenvalue weighted by atomic mass is 16.5. The number of ether oxygens (including phenoxy) is 1. The summed E-state index contributed by atoms with van der Waals surface area (Å²) in [5.41, 5.74) is 0.560. The number of benzene rings is 1. The van der Waals surface area contributed by atoms with Crippen molar-refractivity contribution in [2.24, 2.45) is 0 Å². The quantitative estimate of drug-likeness (QED) is 0.746. The van der Waals surface area contributed by atoms with Crippen molar-refractivity contribution in [2.75, 3.05) is 24.7 Å².